The van der Waals surface area contributed by atoms with Crippen molar-refractivity contribution in [1.29, 1.82) is 0 Å². The van der Waals surface area contributed by atoms with E-state index in [1.165, 1.54) is 5.56 Å². The number of rotatable bonds is 7. The molecule has 0 radical (unpaired) electrons. The third-order valence-electron chi connectivity index (χ3n) is 5.78. The number of carbonyl (C=O) groups is 2. The summed E-state index contributed by atoms with van der Waals surface area (Å²) in [4.78, 5) is 29.0. The molecule has 1 aliphatic rings. The van der Waals surface area contributed by atoms with Crippen molar-refractivity contribution in [3.05, 3.63) is 35.9 Å². The zero-order valence-corrected chi connectivity index (χ0v) is 20.3. The van der Waals surface area contributed by atoms with E-state index < -0.39 is 6.04 Å². The van der Waals surface area contributed by atoms with Crippen LogP contribution in [0.25, 0.3) is 0 Å². The highest BCUT2D eigenvalue weighted by atomic mass is 35.5. The molecule has 3 atom stereocenters. The molecule has 172 valence electrons. The zero-order valence-electron chi connectivity index (χ0n) is 18.7. The first kappa shape index (κ1) is 28.7. The number of hydrogen-bond donors (Lipinski definition) is 2. The van der Waals surface area contributed by atoms with Gasteiger partial charge >= 0.3 is 0 Å². The van der Waals surface area contributed by atoms with Gasteiger partial charge in [-0.05, 0) is 23.3 Å². The van der Waals surface area contributed by atoms with E-state index in [1.54, 1.807) is 0 Å². The number of carbonyl (C=O) groups excluding carboxylic acids is 2. The second kappa shape index (κ2) is 13.2. The molecule has 30 heavy (non-hydrogen) atoms. The van der Waals surface area contributed by atoms with Gasteiger partial charge in [-0.3, -0.25) is 14.5 Å². The molecule has 1 heterocycles. The van der Waals surface area contributed by atoms with Crippen LogP contribution in [0.5, 0.6) is 0 Å². The number of benzene rings is 1. The Kier molecular flexibility index (Phi) is 12.6. The van der Waals surface area contributed by atoms with Gasteiger partial charge in [-0.25, -0.2) is 0 Å². The van der Waals surface area contributed by atoms with Crippen LogP contribution >= 0.6 is 24.8 Å². The fourth-order valence-corrected chi connectivity index (χ4v) is 4.27. The molecular formula is C22H38Cl2N4O2. The number of likely N-dealkylation sites (N-methyl/N-ethyl adjacent to an activating group) is 1. The van der Waals surface area contributed by atoms with Crippen LogP contribution in [-0.4, -0.2) is 60.4 Å². The summed E-state index contributed by atoms with van der Waals surface area (Å²) in [6.45, 7) is 11.0. The lowest BCUT2D eigenvalue weighted by atomic mass is 9.84. The van der Waals surface area contributed by atoms with Gasteiger partial charge in [0.1, 0.15) is 0 Å². The maximum atomic E-state index is 12.7. The lowest BCUT2D eigenvalue weighted by molar-refractivity contribution is -0.137. The van der Waals surface area contributed by atoms with Gasteiger partial charge in [0.05, 0.1) is 12.6 Å². The van der Waals surface area contributed by atoms with Crippen LogP contribution in [0, 0.1) is 17.8 Å². The number of likely N-dealkylation sites (tertiary alicyclic amines) is 1. The highest BCUT2D eigenvalue weighted by Crippen LogP contribution is 2.27. The Morgan fingerprint density at radius 3 is 2.17 bits per heavy atom. The summed E-state index contributed by atoms with van der Waals surface area (Å²) in [7, 11) is 1.85. The van der Waals surface area contributed by atoms with E-state index >= 15 is 0 Å². The van der Waals surface area contributed by atoms with Crippen molar-refractivity contribution in [1.82, 2.24) is 15.1 Å². The van der Waals surface area contributed by atoms with Crippen molar-refractivity contribution in [2.75, 3.05) is 26.7 Å². The Hall–Kier alpha value is -1.34. The molecule has 0 spiro atoms. The Labute approximate surface area is 193 Å². The van der Waals surface area contributed by atoms with Gasteiger partial charge in [0.25, 0.3) is 0 Å². The van der Waals surface area contributed by atoms with Crippen LogP contribution in [-0.2, 0) is 16.1 Å². The quantitative estimate of drug-likeness (QED) is 0.654. The summed E-state index contributed by atoms with van der Waals surface area (Å²) in [5, 5.41) is 2.69. The maximum Gasteiger partial charge on any atom is 0.241 e. The molecule has 2 rings (SSSR count). The highest BCUT2D eigenvalue weighted by molar-refractivity contribution is 5.87. The second-order valence-corrected chi connectivity index (χ2v) is 8.62. The summed E-state index contributed by atoms with van der Waals surface area (Å²) in [5.74, 6) is 0.423. The Morgan fingerprint density at radius 1 is 1.13 bits per heavy atom. The molecule has 0 bridgehead atoms. The average molecular weight is 461 g/mol. The van der Waals surface area contributed by atoms with Gasteiger partial charge in [-0.15, -0.1) is 24.8 Å². The van der Waals surface area contributed by atoms with Crippen LogP contribution in [0.2, 0.25) is 0 Å². The van der Waals surface area contributed by atoms with E-state index in [0.717, 1.165) is 19.6 Å². The second-order valence-electron chi connectivity index (χ2n) is 8.62. The topological polar surface area (TPSA) is 78.7 Å². The molecule has 1 aliphatic heterocycles. The number of nitrogens with two attached hydrogens (primary N) is 1. The predicted octanol–water partition coefficient (Wildman–Crippen LogP) is 2.54. The van der Waals surface area contributed by atoms with Crippen molar-refractivity contribution in [3.8, 4) is 0 Å². The Balaban J connectivity index is 0.00000420. The van der Waals surface area contributed by atoms with Crippen molar-refractivity contribution >= 4 is 36.6 Å². The first-order chi connectivity index (χ1) is 13.2. The van der Waals surface area contributed by atoms with E-state index in [4.69, 9.17) is 5.73 Å². The molecule has 1 fully saturated rings. The number of hydrogen-bond acceptors (Lipinski definition) is 4. The van der Waals surface area contributed by atoms with Gasteiger partial charge in [-0.2, -0.15) is 0 Å². The molecule has 2 amide bonds. The molecule has 1 aromatic carbocycles. The lowest BCUT2D eigenvalue weighted by Crippen LogP contribution is -2.57. The van der Waals surface area contributed by atoms with Gasteiger partial charge in [0.15, 0.2) is 0 Å². The van der Waals surface area contributed by atoms with E-state index in [1.807, 2.05) is 31.9 Å². The maximum absolute atomic E-state index is 12.7. The third-order valence-corrected chi connectivity index (χ3v) is 5.78. The highest BCUT2D eigenvalue weighted by Gasteiger charge is 2.36. The molecule has 0 saturated carbocycles. The first-order valence-corrected chi connectivity index (χ1v) is 10.3. The van der Waals surface area contributed by atoms with Crippen molar-refractivity contribution < 1.29 is 9.59 Å². The summed E-state index contributed by atoms with van der Waals surface area (Å²) in [6.07, 6.45) is 0. The van der Waals surface area contributed by atoms with E-state index in [0.29, 0.717) is 11.8 Å². The SMILES string of the molecule is CC1CN(Cc2ccccc2)CC(C)C1N(C)C(=O)CNC(=O)[C@@H](N)C(C)C.Cl.Cl. The minimum Gasteiger partial charge on any atom is -0.346 e. The molecule has 1 saturated heterocycles. The minimum absolute atomic E-state index is 0. The number of nitrogens with zero attached hydrogens (tertiary/aromatic N) is 2. The van der Waals surface area contributed by atoms with Crippen molar-refractivity contribution in [2.45, 2.75) is 46.3 Å². The van der Waals surface area contributed by atoms with E-state index in [9.17, 15) is 9.59 Å². The van der Waals surface area contributed by atoms with Crippen LogP contribution in [0.1, 0.15) is 33.3 Å². The standard InChI is InChI=1S/C22H36N4O2.2ClH/c1-15(2)20(23)22(28)24-11-19(27)25(5)21-16(3)12-26(13-17(21)4)14-18-9-7-6-8-10-18;;/h6-10,15-17,20-21H,11-14,23H2,1-5H3,(H,24,28);2*1H/t16?,17?,20-,21?;;/m0../s1. The van der Waals surface area contributed by atoms with Crippen molar-refractivity contribution in [2.24, 2.45) is 23.5 Å². The monoisotopic (exact) mass is 460 g/mol. The van der Waals surface area contributed by atoms with Gasteiger partial charge in [0.2, 0.25) is 11.8 Å². The molecule has 0 aliphatic carbocycles. The minimum atomic E-state index is -0.586. The van der Waals surface area contributed by atoms with Crippen LogP contribution < -0.4 is 11.1 Å². The lowest BCUT2D eigenvalue weighted by Gasteiger charge is -2.45. The summed E-state index contributed by atoms with van der Waals surface area (Å²) >= 11 is 0. The van der Waals surface area contributed by atoms with Crippen LogP contribution in [0.4, 0.5) is 0 Å². The summed E-state index contributed by atoms with van der Waals surface area (Å²) < 4.78 is 0. The van der Waals surface area contributed by atoms with Gasteiger partial charge in [-0.1, -0.05) is 58.0 Å². The smallest absolute Gasteiger partial charge is 0.241 e. The zero-order chi connectivity index (χ0) is 20.8. The van der Waals surface area contributed by atoms with E-state index in [2.05, 4.69) is 48.3 Å². The number of amides is 2. The number of piperidine rings is 1. The van der Waals surface area contributed by atoms with Crippen LogP contribution in [0.15, 0.2) is 30.3 Å². The number of halogens is 2. The fraction of sp³-hybridized carbons (Fsp3) is 0.636. The molecule has 3 N–H and O–H groups in total. The predicted molar refractivity (Wildman–Crippen MR) is 127 cm³/mol. The molecule has 6 nitrogen and oxygen atoms in total. The molecule has 1 aromatic rings. The van der Waals surface area contributed by atoms with Crippen molar-refractivity contribution in [3.63, 3.8) is 0 Å². The normalized spacial score (nSPS) is 22.4. The van der Waals surface area contributed by atoms with Crippen LogP contribution in [0.3, 0.4) is 0 Å². The van der Waals surface area contributed by atoms with Gasteiger partial charge in [0, 0.05) is 32.7 Å². The molecule has 8 heteroatoms. The summed E-state index contributed by atoms with van der Waals surface area (Å²) in [5.41, 5.74) is 7.16. The fourth-order valence-electron chi connectivity index (χ4n) is 4.27. The van der Waals surface area contributed by atoms with E-state index in [-0.39, 0.29) is 55.1 Å². The molecule has 0 aromatic heterocycles. The Morgan fingerprint density at radius 2 is 1.67 bits per heavy atom. The summed E-state index contributed by atoms with van der Waals surface area (Å²) in [6, 6.07) is 10.1. The molecule has 2 unspecified atom stereocenters. The third kappa shape index (κ3) is 7.73. The Bertz CT molecular complexity index is 648. The molecular weight excluding hydrogens is 423 g/mol. The largest absolute Gasteiger partial charge is 0.346 e. The van der Waals surface area contributed by atoms with Gasteiger partial charge < -0.3 is 16.0 Å². The average Bonchev–Trinajstić information content (AvgIpc) is 2.65. The first-order valence-electron chi connectivity index (χ1n) is 10.3. The number of nitrogens with one attached hydrogen (secondary N) is 1.